The van der Waals surface area contributed by atoms with Crippen molar-refractivity contribution in [2.24, 2.45) is 0 Å². The van der Waals surface area contributed by atoms with E-state index in [1.54, 1.807) is 0 Å². The van der Waals surface area contributed by atoms with Gasteiger partial charge >= 0.3 is 0 Å². The highest BCUT2D eigenvalue weighted by atomic mass is 16.5. The van der Waals surface area contributed by atoms with Crippen molar-refractivity contribution in [2.45, 2.75) is 78.1 Å². The minimum absolute atomic E-state index is 0.838. The highest BCUT2D eigenvalue weighted by Gasteiger charge is 1.97. The average molecular weight is 334 g/mol. The van der Waals surface area contributed by atoms with E-state index in [4.69, 9.17) is 4.74 Å². The second-order valence-corrected chi connectivity index (χ2v) is 6.87. The Kier molecular flexibility index (Phi) is 13.8. The van der Waals surface area contributed by atoms with Gasteiger partial charge in [-0.25, -0.2) is 0 Å². The van der Waals surface area contributed by atoms with Crippen molar-refractivity contribution in [1.29, 1.82) is 0 Å². The molecule has 0 spiro atoms. The fourth-order valence-electron chi connectivity index (χ4n) is 3.00. The van der Waals surface area contributed by atoms with Crippen LogP contribution in [0.5, 0.6) is 0 Å². The third kappa shape index (κ3) is 11.6. The maximum absolute atomic E-state index is 5.71. The first-order chi connectivity index (χ1) is 11.8. The monoisotopic (exact) mass is 333 g/mol. The minimum atomic E-state index is 0.838. The Balaban J connectivity index is 1.77. The summed E-state index contributed by atoms with van der Waals surface area (Å²) in [6.45, 7) is 8.22. The molecule has 0 bridgehead atoms. The van der Waals surface area contributed by atoms with E-state index in [9.17, 15) is 0 Å². The van der Waals surface area contributed by atoms with E-state index in [1.807, 2.05) is 0 Å². The van der Waals surface area contributed by atoms with Gasteiger partial charge in [0.1, 0.15) is 0 Å². The van der Waals surface area contributed by atoms with Crippen LogP contribution in [0.15, 0.2) is 24.3 Å². The Hall–Kier alpha value is -0.860. The van der Waals surface area contributed by atoms with E-state index in [1.165, 1.54) is 68.9 Å². The molecule has 1 N–H and O–H groups in total. The predicted octanol–water partition coefficient (Wildman–Crippen LogP) is 5.67. The van der Waals surface area contributed by atoms with Crippen molar-refractivity contribution < 1.29 is 4.74 Å². The summed E-state index contributed by atoms with van der Waals surface area (Å²) in [5.74, 6) is 0. The first-order valence-electron chi connectivity index (χ1n) is 10.2. The van der Waals surface area contributed by atoms with Gasteiger partial charge in [-0.1, -0.05) is 82.6 Å². The van der Waals surface area contributed by atoms with Crippen LogP contribution < -0.4 is 5.32 Å². The topological polar surface area (TPSA) is 21.3 Å². The van der Waals surface area contributed by atoms with E-state index < -0.39 is 0 Å². The molecule has 0 atom stereocenters. The Morgan fingerprint density at radius 1 is 0.792 bits per heavy atom. The Labute approximate surface area is 150 Å². The Morgan fingerprint density at radius 2 is 1.46 bits per heavy atom. The minimum Gasteiger partial charge on any atom is -0.380 e. The SMILES string of the molecule is CCCCCCCCCCCOCCNCCc1ccccc1C. The van der Waals surface area contributed by atoms with Crippen molar-refractivity contribution in [2.75, 3.05) is 26.3 Å². The van der Waals surface area contributed by atoms with Crippen LogP contribution in [0.4, 0.5) is 0 Å². The van der Waals surface area contributed by atoms with Crippen LogP contribution in [0.1, 0.15) is 75.8 Å². The fourth-order valence-corrected chi connectivity index (χ4v) is 3.00. The molecule has 1 aromatic carbocycles. The number of hydrogen-bond acceptors (Lipinski definition) is 2. The number of nitrogens with one attached hydrogen (secondary N) is 1. The van der Waals surface area contributed by atoms with Gasteiger partial charge in [-0.3, -0.25) is 0 Å². The van der Waals surface area contributed by atoms with E-state index in [-0.39, 0.29) is 0 Å². The lowest BCUT2D eigenvalue weighted by Gasteiger charge is -2.08. The molecule has 0 aromatic heterocycles. The largest absolute Gasteiger partial charge is 0.380 e. The van der Waals surface area contributed by atoms with Gasteiger partial charge in [-0.15, -0.1) is 0 Å². The molecule has 2 heteroatoms. The Bertz CT molecular complexity index is 391. The zero-order valence-electron chi connectivity index (χ0n) is 16.1. The third-order valence-corrected chi connectivity index (χ3v) is 4.65. The van der Waals surface area contributed by atoms with Crippen molar-refractivity contribution >= 4 is 0 Å². The number of unbranched alkanes of at least 4 members (excludes halogenated alkanes) is 8. The quantitative estimate of drug-likeness (QED) is 0.393. The molecule has 0 amide bonds. The smallest absolute Gasteiger partial charge is 0.0590 e. The molecule has 0 saturated heterocycles. The van der Waals surface area contributed by atoms with Crippen LogP contribution in [-0.4, -0.2) is 26.3 Å². The summed E-state index contributed by atoms with van der Waals surface area (Å²) in [5, 5.41) is 3.47. The molecule has 0 fully saturated rings. The molecule has 24 heavy (non-hydrogen) atoms. The molecule has 0 heterocycles. The molecule has 0 aliphatic carbocycles. The van der Waals surface area contributed by atoms with Gasteiger partial charge in [0.05, 0.1) is 6.61 Å². The summed E-state index contributed by atoms with van der Waals surface area (Å²) in [7, 11) is 0. The third-order valence-electron chi connectivity index (χ3n) is 4.65. The van der Waals surface area contributed by atoms with Gasteiger partial charge in [0.15, 0.2) is 0 Å². The molecule has 0 saturated carbocycles. The van der Waals surface area contributed by atoms with E-state index in [2.05, 4.69) is 43.4 Å². The second kappa shape index (κ2) is 15.7. The summed E-state index contributed by atoms with van der Waals surface area (Å²) < 4.78 is 5.71. The summed E-state index contributed by atoms with van der Waals surface area (Å²) in [6.07, 6.45) is 13.5. The number of hydrogen-bond donors (Lipinski definition) is 1. The lowest BCUT2D eigenvalue weighted by molar-refractivity contribution is 0.131. The van der Waals surface area contributed by atoms with E-state index >= 15 is 0 Å². The van der Waals surface area contributed by atoms with Gasteiger partial charge in [0, 0.05) is 13.2 Å². The summed E-state index contributed by atoms with van der Waals surface area (Å²) in [5.41, 5.74) is 2.83. The van der Waals surface area contributed by atoms with Crippen molar-refractivity contribution in [3.63, 3.8) is 0 Å². The van der Waals surface area contributed by atoms with Crippen LogP contribution in [0.2, 0.25) is 0 Å². The predicted molar refractivity (Wildman–Crippen MR) is 106 cm³/mol. The second-order valence-electron chi connectivity index (χ2n) is 6.87. The molecule has 138 valence electrons. The van der Waals surface area contributed by atoms with Crippen molar-refractivity contribution in [3.05, 3.63) is 35.4 Å². The molecule has 1 rings (SSSR count). The summed E-state index contributed by atoms with van der Waals surface area (Å²) in [4.78, 5) is 0. The molecule has 0 aliphatic rings. The summed E-state index contributed by atoms with van der Waals surface area (Å²) >= 11 is 0. The maximum atomic E-state index is 5.71. The molecular formula is C22H39NO. The molecular weight excluding hydrogens is 294 g/mol. The van der Waals surface area contributed by atoms with Crippen LogP contribution >= 0.6 is 0 Å². The lowest BCUT2D eigenvalue weighted by atomic mass is 10.1. The summed E-state index contributed by atoms with van der Waals surface area (Å²) in [6, 6.07) is 8.63. The number of ether oxygens (including phenoxy) is 1. The van der Waals surface area contributed by atoms with Crippen molar-refractivity contribution in [3.8, 4) is 0 Å². The molecule has 2 nitrogen and oxygen atoms in total. The number of rotatable bonds is 16. The number of benzene rings is 1. The lowest BCUT2D eigenvalue weighted by Crippen LogP contribution is -2.22. The normalized spacial score (nSPS) is 11.1. The average Bonchev–Trinajstić information content (AvgIpc) is 2.60. The standard InChI is InChI=1S/C22H39NO/c1-3-4-5-6-7-8-9-10-13-19-24-20-18-23-17-16-22-15-12-11-14-21(22)2/h11-12,14-15,23H,3-10,13,16-20H2,1-2H3. The van der Waals surface area contributed by atoms with Crippen LogP contribution in [0.3, 0.4) is 0 Å². The van der Waals surface area contributed by atoms with Gasteiger partial charge in [-0.2, -0.15) is 0 Å². The van der Waals surface area contributed by atoms with Gasteiger partial charge in [0.2, 0.25) is 0 Å². The Morgan fingerprint density at radius 3 is 2.17 bits per heavy atom. The van der Waals surface area contributed by atoms with Crippen molar-refractivity contribution in [1.82, 2.24) is 5.32 Å². The first kappa shape index (κ1) is 21.2. The zero-order chi connectivity index (χ0) is 17.3. The van der Waals surface area contributed by atoms with E-state index in [0.29, 0.717) is 0 Å². The van der Waals surface area contributed by atoms with Gasteiger partial charge < -0.3 is 10.1 Å². The molecule has 0 radical (unpaired) electrons. The van der Waals surface area contributed by atoms with Crippen LogP contribution in [0, 0.1) is 6.92 Å². The van der Waals surface area contributed by atoms with Gasteiger partial charge in [0.25, 0.3) is 0 Å². The highest BCUT2D eigenvalue weighted by Crippen LogP contribution is 2.09. The molecule has 0 aliphatic heterocycles. The van der Waals surface area contributed by atoms with Gasteiger partial charge in [-0.05, 0) is 37.4 Å². The van der Waals surface area contributed by atoms with Crippen LogP contribution in [0.25, 0.3) is 0 Å². The first-order valence-corrected chi connectivity index (χ1v) is 10.2. The maximum Gasteiger partial charge on any atom is 0.0590 e. The number of aryl methyl sites for hydroxylation is 1. The zero-order valence-corrected chi connectivity index (χ0v) is 16.1. The van der Waals surface area contributed by atoms with E-state index in [0.717, 1.165) is 32.7 Å². The fraction of sp³-hybridized carbons (Fsp3) is 0.727. The van der Waals surface area contributed by atoms with Crippen LogP contribution in [-0.2, 0) is 11.2 Å². The molecule has 0 unspecified atom stereocenters. The molecule has 1 aromatic rings. The highest BCUT2D eigenvalue weighted by molar-refractivity contribution is 5.25.